The van der Waals surface area contributed by atoms with Gasteiger partial charge in [0, 0.05) is 11.3 Å². The van der Waals surface area contributed by atoms with Gasteiger partial charge in [0.15, 0.2) is 0 Å². The van der Waals surface area contributed by atoms with Crippen LogP contribution in [-0.4, -0.2) is 15.3 Å². The summed E-state index contributed by atoms with van der Waals surface area (Å²) in [4.78, 5) is 8.33. The molecule has 2 atom stereocenters. The van der Waals surface area contributed by atoms with Crippen molar-refractivity contribution in [3.8, 4) is 0 Å². The van der Waals surface area contributed by atoms with Gasteiger partial charge in [-0.2, -0.15) is 0 Å². The number of nitrogens with zero attached hydrogens (tertiary/aromatic N) is 2. The zero-order valence-corrected chi connectivity index (χ0v) is 8.54. The first-order valence-corrected chi connectivity index (χ1v) is 5.14. The van der Waals surface area contributed by atoms with E-state index >= 15 is 0 Å². The van der Waals surface area contributed by atoms with E-state index in [2.05, 4.69) is 9.97 Å². The molecule has 4 N–H and O–H groups in total. The van der Waals surface area contributed by atoms with E-state index in [4.69, 9.17) is 23.1 Å². The van der Waals surface area contributed by atoms with Crippen molar-refractivity contribution < 1.29 is 0 Å². The summed E-state index contributed by atoms with van der Waals surface area (Å²) in [6.07, 6.45) is 4.75. The molecule has 1 aliphatic rings. The summed E-state index contributed by atoms with van der Waals surface area (Å²) < 4.78 is 0. The van der Waals surface area contributed by atoms with Crippen LogP contribution >= 0.6 is 11.6 Å². The maximum atomic E-state index is 6.15. The summed E-state index contributed by atoms with van der Waals surface area (Å²) in [6, 6.07) is 0. The summed E-state index contributed by atoms with van der Waals surface area (Å²) in [5, 5.41) is 0.137. The Labute approximate surface area is 87.7 Å². The Hall–Kier alpha value is -1.03. The lowest BCUT2D eigenvalue weighted by Crippen LogP contribution is -2.11. The SMILES string of the molecule is Nc1cnc(C2CCCC2Cl)nc1N. The summed E-state index contributed by atoms with van der Waals surface area (Å²) in [7, 11) is 0. The molecule has 0 aliphatic heterocycles. The summed E-state index contributed by atoms with van der Waals surface area (Å²) in [5.74, 6) is 1.32. The van der Waals surface area contributed by atoms with Crippen LogP contribution in [-0.2, 0) is 0 Å². The molecule has 0 spiro atoms. The minimum Gasteiger partial charge on any atom is -0.394 e. The topological polar surface area (TPSA) is 77.8 Å². The van der Waals surface area contributed by atoms with E-state index in [1.54, 1.807) is 6.20 Å². The molecule has 2 rings (SSSR count). The Kier molecular flexibility index (Phi) is 2.46. The fourth-order valence-corrected chi connectivity index (χ4v) is 2.20. The molecule has 0 saturated heterocycles. The molecule has 1 aliphatic carbocycles. The molecule has 0 amide bonds. The molecule has 76 valence electrons. The van der Waals surface area contributed by atoms with Gasteiger partial charge in [-0.1, -0.05) is 6.42 Å². The van der Waals surface area contributed by atoms with Crippen LogP contribution in [0.1, 0.15) is 31.0 Å². The second-order valence-corrected chi connectivity index (χ2v) is 4.18. The second-order valence-electron chi connectivity index (χ2n) is 3.62. The van der Waals surface area contributed by atoms with E-state index in [0.29, 0.717) is 11.5 Å². The first-order chi connectivity index (χ1) is 6.68. The molecule has 1 aromatic rings. The molecule has 1 heterocycles. The zero-order chi connectivity index (χ0) is 10.1. The number of nitrogens with two attached hydrogens (primary N) is 2. The van der Waals surface area contributed by atoms with Crippen molar-refractivity contribution in [3.05, 3.63) is 12.0 Å². The number of hydrogen-bond donors (Lipinski definition) is 2. The Bertz CT molecular complexity index is 342. The lowest BCUT2D eigenvalue weighted by Gasteiger charge is -2.12. The number of halogens is 1. The Morgan fingerprint density at radius 2 is 2.14 bits per heavy atom. The molecule has 4 nitrogen and oxygen atoms in total. The maximum Gasteiger partial charge on any atom is 0.150 e. The molecule has 0 radical (unpaired) electrons. The van der Waals surface area contributed by atoms with Crippen LogP contribution < -0.4 is 11.5 Å². The van der Waals surface area contributed by atoms with Gasteiger partial charge in [-0.15, -0.1) is 11.6 Å². The number of rotatable bonds is 1. The molecule has 5 heteroatoms. The van der Waals surface area contributed by atoms with Crippen LogP contribution in [0, 0.1) is 0 Å². The van der Waals surface area contributed by atoms with Crippen LogP contribution in [0.2, 0.25) is 0 Å². The normalized spacial score (nSPS) is 26.6. The molecular weight excluding hydrogens is 200 g/mol. The number of alkyl halides is 1. The van der Waals surface area contributed by atoms with Crippen LogP contribution in [0.3, 0.4) is 0 Å². The standard InChI is InChI=1S/C9H13ClN4/c10-6-3-1-2-5(6)9-13-4-7(11)8(12)14-9/h4-6H,1-3,11H2,(H2,12,13,14). The van der Waals surface area contributed by atoms with E-state index in [9.17, 15) is 0 Å². The van der Waals surface area contributed by atoms with Gasteiger partial charge in [0.1, 0.15) is 11.6 Å². The third-order valence-corrected chi connectivity index (χ3v) is 3.15. The number of nitrogen functional groups attached to an aromatic ring is 2. The molecule has 1 aromatic heterocycles. The van der Waals surface area contributed by atoms with Gasteiger partial charge in [-0.05, 0) is 12.8 Å². The van der Waals surface area contributed by atoms with Crippen molar-refractivity contribution in [2.24, 2.45) is 0 Å². The molecule has 2 unspecified atom stereocenters. The van der Waals surface area contributed by atoms with E-state index in [-0.39, 0.29) is 11.3 Å². The molecule has 1 saturated carbocycles. The number of hydrogen-bond acceptors (Lipinski definition) is 4. The van der Waals surface area contributed by atoms with Crippen molar-refractivity contribution >= 4 is 23.1 Å². The first kappa shape index (κ1) is 9.52. The average Bonchev–Trinajstić information content (AvgIpc) is 2.57. The zero-order valence-electron chi connectivity index (χ0n) is 7.78. The summed E-state index contributed by atoms with van der Waals surface area (Å²) in [6.45, 7) is 0. The summed E-state index contributed by atoms with van der Waals surface area (Å²) in [5.41, 5.74) is 11.6. The highest BCUT2D eigenvalue weighted by Crippen LogP contribution is 2.36. The van der Waals surface area contributed by atoms with E-state index in [1.165, 1.54) is 0 Å². The van der Waals surface area contributed by atoms with Crippen molar-refractivity contribution in [1.82, 2.24) is 9.97 Å². The van der Waals surface area contributed by atoms with E-state index in [1.807, 2.05) is 0 Å². The van der Waals surface area contributed by atoms with Gasteiger partial charge >= 0.3 is 0 Å². The number of anilines is 2. The highest BCUT2D eigenvalue weighted by molar-refractivity contribution is 6.21. The average molecular weight is 213 g/mol. The van der Waals surface area contributed by atoms with Crippen LogP contribution in [0.5, 0.6) is 0 Å². The largest absolute Gasteiger partial charge is 0.394 e. The predicted octanol–water partition coefficient (Wildman–Crippen LogP) is 1.52. The Morgan fingerprint density at radius 3 is 2.71 bits per heavy atom. The molecule has 0 aromatic carbocycles. The van der Waals surface area contributed by atoms with Gasteiger partial charge in [-0.25, -0.2) is 9.97 Å². The third kappa shape index (κ3) is 1.62. The summed E-state index contributed by atoms with van der Waals surface area (Å²) >= 11 is 6.15. The van der Waals surface area contributed by atoms with Gasteiger partial charge < -0.3 is 11.5 Å². The Balaban J connectivity index is 2.28. The van der Waals surface area contributed by atoms with Crippen molar-refractivity contribution in [2.45, 2.75) is 30.6 Å². The fraction of sp³-hybridized carbons (Fsp3) is 0.556. The smallest absolute Gasteiger partial charge is 0.150 e. The van der Waals surface area contributed by atoms with Crippen molar-refractivity contribution in [3.63, 3.8) is 0 Å². The molecule has 14 heavy (non-hydrogen) atoms. The van der Waals surface area contributed by atoms with Gasteiger partial charge in [0.2, 0.25) is 0 Å². The van der Waals surface area contributed by atoms with Crippen molar-refractivity contribution in [2.75, 3.05) is 11.5 Å². The third-order valence-electron chi connectivity index (χ3n) is 2.63. The Morgan fingerprint density at radius 1 is 1.36 bits per heavy atom. The minimum absolute atomic E-state index is 0.137. The predicted molar refractivity (Wildman–Crippen MR) is 57.1 cm³/mol. The second kappa shape index (κ2) is 3.61. The highest BCUT2D eigenvalue weighted by Gasteiger charge is 2.29. The van der Waals surface area contributed by atoms with Crippen LogP contribution in [0.15, 0.2) is 6.20 Å². The van der Waals surface area contributed by atoms with E-state index < -0.39 is 0 Å². The van der Waals surface area contributed by atoms with E-state index in [0.717, 1.165) is 25.1 Å². The minimum atomic E-state index is 0.137. The van der Waals surface area contributed by atoms with Crippen LogP contribution in [0.25, 0.3) is 0 Å². The maximum absolute atomic E-state index is 6.15. The lowest BCUT2D eigenvalue weighted by molar-refractivity contribution is 0.675. The fourth-order valence-electron chi connectivity index (χ4n) is 1.80. The van der Waals surface area contributed by atoms with Gasteiger partial charge in [0.25, 0.3) is 0 Å². The van der Waals surface area contributed by atoms with Gasteiger partial charge in [-0.3, -0.25) is 0 Å². The number of aromatic nitrogens is 2. The van der Waals surface area contributed by atoms with Crippen LogP contribution in [0.4, 0.5) is 11.5 Å². The lowest BCUT2D eigenvalue weighted by atomic mass is 10.1. The highest BCUT2D eigenvalue weighted by atomic mass is 35.5. The molecule has 0 bridgehead atoms. The van der Waals surface area contributed by atoms with Crippen molar-refractivity contribution in [1.29, 1.82) is 0 Å². The molecular formula is C9H13ClN4. The first-order valence-electron chi connectivity index (χ1n) is 4.70. The quantitative estimate of drug-likeness (QED) is 0.692. The van der Waals surface area contributed by atoms with Gasteiger partial charge in [0.05, 0.1) is 11.9 Å². The molecule has 1 fully saturated rings. The monoisotopic (exact) mass is 212 g/mol.